The smallest absolute Gasteiger partial charge is 0.307 e. The molecule has 0 aromatic heterocycles. The molecule has 0 radical (unpaired) electrons. The highest BCUT2D eigenvalue weighted by atomic mass is 16.4. The molecule has 1 heterocycles. The molecule has 1 amide bonds. The quantitative estimate of drug-likeness (QED) is 0.880. The summed E-state index contributed by atoms with van der Waals surface area (Å²) in [6.07, 6.45) is 2.80. The second kappa shape index (κ2) is 5.15. The molecule has 2 N–H and O–H groups in total. The van der Waals surface area contributed by atoms with E-state index in [1.807, 2.05) is 24.3 Å². The van der Waals surface area contributed by atoms with Crippen LogP contribution in [0.5, 0.6) is 0 Å². The fraction of sp³-hybridized carbons (Fsp3) is 0.467. The Morgan fingerprint density at radius 1 is 1.15 bits per heavy atom. The Kier molecular flexibility index (Phi) is 3.34. The number of para-hydroxylation sites is 2. The van der Waals surface area contributed by atoms with Crippen LogP contribution < -0.4 is 10.2 Å². The Labute approximate surface area is 117 Å². The van der Waals surface area contributed by atoms with Crippen LogP contribution >= 0.6 is 0 Å². The number of rotatable bonds is 4. The maximum atomic E-state index is 12.1. The molecule has 2 fully saturated rings. The monoisotopic (exact) mass is 274 g/mol. The molecule has 2 atom stereocenters. The van der Waals surface area contributed by atoms with Gasteiger partial charge in [-0.05, 0) is 31.4 Å². The van der Waals surface area contributed by atoms with Gasteiger partial charge in [0.2, 0.25) is 5.91 Å². The summed E-state index contributed by atoms with van der Waals surface area (Å²) in [5.74, 6) is -1.94. The average molecular weight is 274 g/mol. The first-order valence-corrected chi connectivity index (χ1v) is 7.04. The maximum Gasteiger partial charge on any atom is 0.307 e. The van der Waals surface area contributed by atoms with Gasteiger partial charge >= 0.3 is 5.97 Å². The lowest BCUT2D eigenvalue weighted by Gasteiger charge is -2.21. The molecule has 1 aliphatic heterocycles. The highest BCUT2D eigenvalue weighted by Gasteiger charge is 2.48. The molecule has 20 heavy (non-hydrogen) atoms. The molecule has 1 aromatic carbocycles. The highest BCUT2D eigenvalue weighted by molar-refractivity contribution is 6.00. The van der Waals surface area contributed by atoms with Crippen LogP contribution in [0.3, 0.4) is 0 Å². The van der Waals surface area contributed by atoms with E-state index in [0.717, 1.165) is 24.5 Å². The molecule has 1 aliphatic carbocycles. The minimum atomic E-state index is -0.877. The molecule has 5 nitrogen and oxygen atoms in total. The van der Waals surface area contributed by atoms with Gasteiger partial charge in [-0.3, -0.25) is 9.59 Å². The number of carbonyl (C=O) groups is 2. The van der Waals surface area contributed by atoms with Gasteiger partial charge in [0.15, 0.2) is 0 Å². The summed E-state index contributed by atoms with van der Waals surface area (Å²) in [5.41, 5.74) is 1.82. The van der Waals surface area contributed by atoms with Crippen molar-refractivity contribution >= 4 is 23.3 Å². The number of hydrogen-bond acceptors (Lipinski definition) is 3. The third-order valence-corrected chi connectivity index (χ3v) is 4.05. The van der Waals surface area contributed by atoms with E-state index in [0.29, 0.717) is 6.42 Å². The number of benzene rings is 1. The number of anilines is 2. The van der Waals surface area contributed by atoms with Crippen molar-refractivity contribution in [3.63, 3.8) is 0 Å². The van der Waals surface area contributed by atoms with Crippen molar-refractivity contribution in [3.8, 4) is 0 Å². The van der Waals surface area contributed by atoms with E-state index in [-0.39, 0.29) is 11.8 Å². The van der Waals surface area contributed by atoms with Crippen LogP contribution in [0.25, 0.3) is 0 Å². The largest absolute Gasteiger partial charge is 0.481 e. The Morgan fingerprint density at radius 3 is 2.50 bits per heavy atom. The molecule has 0 spiro atoms. The Balaban J connectivity index is 1.71. The number of carbonyl (C=O) groups excluding carboxylic acids is 1. The summed E-state index contributed by atoms with van der Waals surface area (Å²) in [4.78, 5) is 25.1. The number of hydrogen-bond donors (Lipinski definition) is 2. The third-order valence-electron chi connectivity index (χ3n) is 4.05. The Morgan fingerprint density at radius 2 is 1.85 bits per heavy atom. The predicted octanol–water partition coefficient (Wildman–Crippen LogP) is 1.95. The van der Waals surface area contributed by atoms with Crippen molar-refractivity contribution in [1.82, 2.24) is 0 Å². The van der Waals surface area contributed by atoms with Crippen LogP contribution in [-0.2, 0) is 9.59 Å². The standard InChI is InChI=1S/C15H18N2O3/c18-14(10-9-11(10)15(19)20)16-12-5-1-2-6-13(12)17-7-3-4-8-17/h1-2,5-6,10-11H,3-4,7-9H2,(H,16,18)(H,19,20)/t10-,11-/m1/s1. The summed E-state index contributed by atoms with van der Waals surface area (Å²) >= 11 is 0. The van der Waals surface area contributed by atoms with E-state index in [1.54, 1.807) is 0 Å². The fourth-order valence-electron chi connectivity index (χ4n) is 2.80. The van der Waals surface area contributed by atoms with Gasteiger partial charge in [0.25, 0.3) is 0 Å². The number of amides is 1. The molecule has 1 aromatic rings. The lowest BCUT2D eigenvalue weighted by Crippen LogP contribution is -2.22. The highest BCUT2D eigenvalue weighted by Crippen LogP contribution is 2.40. The van der Waals surface area contributed by atoms with Crippen LogP contribution in [0, 0.1) is 11.8 Å². The second-order valence-corrected chi connectivity index (χ2v) is 5.49. The molecular weight excluding hydrogens is 256 g/mol. The zero-order chi connectivity index (χ0) is 14.1. The van der Waals surface area contributed by atoms with Gasteiger partial charge < -0.3 is 15.3 Å². The number of aliphatic carboxylic acids is 1. The van der Waals surface area contributed by atoms with Crippen molar-refractivity contribution in [2.24, 2.45) is 11.8 Å². The summed E-state index contributed by atoms with van der Waals surface area (Å²) in [7, 11) is 0. The molecule has 0 unspecified atom stereocenters. The third kappa shape index (κ3) is 2.48. The second-order valence-electron chi connectivity index (χ2n) is 5.49. The Hall–Kier alpha value is -2.04. The summed E-state index contributed by atoms with van der Waals surface area (Å²) in [6, 6.07) is 7.73. The summed E-state index contributed by atoms with van der Waals surface area (Å²) in [5, 5.41) is 11.8. The van der Waals surface area contributed by atoms with Crippen LogP contribution in [0.15, 0.2) is 24.3 Å². The minimum Gasteiger partial charge on any atom is -0.481 e. The van der Waals surface area contributed by atoms with E-state index in [4.69, 9.17) is 5.11 Å². The zero-order valence-corrected chi connectivity index (χ0v) is 11.2. The minimum absolute atomic E-state index is 0.177. The van der Waals surface area contributed by atoms with Gasteiger partial charge in [0.1, 0.15) is 0 Å². The summed E-state index contributed by atoms with van der Waals surface area (Å²) < 4.78 is 0. The van der Waals surface area contributed by atoms with Crippen molar-refractivity contribution < 1.29 is 14.7 Å². The van der Waals surface area contributed by atoms with Gasteiger partial charge in [-0.2, -0.15) is 0 Å². The van der Waals surface area contributed by atoms with E-state index < -0.39 is 11.9 Å². The lowest BCUT2D eigenvalue weighted by atomic mass is 10.2. The van der Waals surface area contributed by atoms with Gasteiger partial charge in [0, 0.05) is 13.1 Å². The topological polar surface area (TPSA) is 69.6 Å². The normalized spacial score (nSPS) is 24.5. The van der Waals surface area contributed by atoms with E-state index in [9.17, 15) is 9.59 Å². The van der Waals surface area contributed by atoms with Gasteiger partial charge in [-0.15, -0.1) is 0 Å². The van der Waals surface area contributed by atoms with Crippen LogP contribution in [0.1, 0.15) is 19.3 Å². The molecule has 5 heteroatoms. The average Bonchev–Trinajstić information content (AvgIpc) is 3.08. The molecule has 3 rings (SSSR count). The van der Waals surface area contributed by atoms with Crippen molar-refractivity contribution in [1.29, 1.82) is 0 Å². The lowest BCUT2D eigenvalue weighted by molar-refractivity contribution is -0.139. The molecular formula is C15H18N2O3. The number of nitrogens with one attached hydrogen (secondary N) is 1. The van der Waals surface area contributed by atoms with Crippen LogP contribution in [0.4, 0.5) is 11.4 Å². The predicted molar refractivity (Wildman–Crippen MR) is 75.8 cm³/mol. The van der Waals surface area contributed by atoms with Gasteiger partial charge in [-0.25, -0.2) is 0 Å². The number of nitrogens with zero attached hydrogens (tertiary/aromatic N) is 1. The van der Waals surface area contributed by atoms with Gasteiger partial charge in [-0.1, -0.05) is 12.1 Å². The Bertz CT molecular complexity index is 538. The number of carboxylic acids is 1. The van der Waals surface area contributed by atoms with Crippen molar-refractivity contribution in [2.45, 2.75) is 19.3 Å². The maximum absolute atomic E-state index is 12.1. The number of carboxylic acid groups (broad SMARTS) is 1. The van der Waals surface area contributed by atoms with E-state index in [2.05, 4.69) is 10.2 Å². The SMILES string of the molecule is O=C(O)[C@@H]1C[C@H]1C(=O)Nc1ccccc1N1CCCC1. The molecule has 106 valence electrons. The first kappa shape index (κ1) is 13.0. The van der Waals surface area contributed by atoms with Crippen LogP contribution in [0.2, 0.25) is 0 Å². The zero-order valence-electron chi connectivity index (χ0n) is 11.2. The van der Waals surface area contributed by atoms with E-state index >= 15 is 0 Å². The fourth-order valence-corrected chi connectivity index (χ4v) is 2.80. The summed E-state index contributed by atoms with van der Waals surface area (Å²) in [6.45, 7) is 2.02. The van der Waals surface area contributed by atoms with E-state index in [1.165, 1.54) is 12.8 Å². The van der Waals surface area contributed by atoms with Crippen molar-refractivity contribution in [3.05, 3.63) is 24.3 Å². The molecule has 1 saturated heterocycles. The molecule has 2 aliphatic rings. The molecule has 0 bridgehead atoms. The van der Waals surface area contributed by atoms with Gasteiger partial charge in [0.05, 0.1) is 23.2 Å². The first-order chi connectivity index (χ1) is 9.66. The van der Waals surface area contributed by atoms with Crippen molar-refractivity contribution in [2.75, 3.05) is 23.3 Å². The first-order valence-electron chi connectivity index (χ1n) is 7.04. The van der Waals surface area contributed by atoms with Crippen LogP contribution in [-0.4, -0.2) is 30.1 Å². The molecule has 1 saturated carbocycles.